The molecule has 0 aliphatic rings. The van der Waals surface area contributed by atoms with E-state index in [1.807, 2.05) is 49.3 Å². The molecule has 0 saturated carbocycles. The molecule has 0 unspecified atom stereocenters. The van der Waals surface area contributed by atoms with Crippen molar-refractivity contribution in [3.05, 3.63) is 69.5 Å². The lowest BCUT2D eigenvalue weighted by molar-refractivity contribution is -0.107. The van der Waals surface area contributed by atoms with Crippen molar-refractivity contribution in [2.45, 2.75) is 6.61 Å². The van der Waals surface area contributed by atoms with E-state index in [9.17, 15) is 9.59 Å². The monoisotopic (exact) mass is 430 g/mol. The fourth-order valence-electron chi connectivity index (χ4n) is 2.80. The summed E-state index contributed by atoms with van der Waals surface area (Å²) in [6.45, 7) is 1.36. The summed E-state index contributed by atoms with van der Waals surface area (Å²) in [5, 5.41) is 0.931. The Kier molecular flexibility index (Phi) is 7.46. The molecule has 3 aromatic rings. The molecule has 0 spiro atoms. The first kappa shape index (κ1) is 21.8. The van der Waals surface area contributed by atoms with Gasteiger partial charge in [-0.1, -0.05) is 41.9 Å². The van der Waals surface area contributed by atoms with Crippen LogP contribution in [0.1, 0.15) is 5.56 Å². The number of amides is 1. The number of halogens is 1. The summed E-state index contributed by atoms with van der Waals surface area (Å²) in [5.41, 5.74) is 0.889. The molecule has 158 valence electrons. The van der Waals surface area contributed by atoms with Crippen LogP contribution in [-0.2, 0) is 16.1 Å². The maximum Gasteiger partial charge on any atom is 0.360 e. The minimum atomic E-state index is -0.609. The van der Waals surface area contributed by atoms with Gasteiger partial charge in [0.25, 0.3) is 0 Å². The van der Waals surface area contributed by atoms with E-state index < -0.39 is 5.63 Å². The van der Waals surface area contributed by atoms with Gasteiger partial charge in [-0.2, -0.15) is 0 Å². The van der Waals surface area contributed by atoms with Gasteiger partial charge in [0, 0.05) is 24.5 Å². The second-order valence-corrected chi connectivity index (χ2v) is 7.35. The van der Waals surface area contributed by atoms with Gasteiger partial charge in [0.2, 0.25) is 6.41 Å². The Balaban J connectivity index is 1.73. The molecule has 1 aromatic heterocycles. The summed E-state index contributed by atoms with van der Waals surface area (Å²) in [4.78, 5) is 27.1. The lowest BCUT2D eigenvalue weighted by atomic mass is 10.2. The van der Waals surface area contributed by atoms with Crippen molar-refractivity contribution in [3.63, 3.8) is 0 Å². The molecule has 0 atom stereocenters. The van der Waals surface area contributed by atoms with E-state index in [2.05, 4.69) is 0 Å². The van der Waals surface area contributed by atoms with E-state index in [0.717, 1.165) is 5.56 Å². The minimum absolute atomic E-state index is 0.00804. The molecule has 0 bridgehead atoms. The van der Waals surface area contributed by atoms with E-state index >= 15 is 0 Å². The topological polar surface area (TPSA) is 72.2 Å². The highest BCUT2D eigenvalue weighted by Crippen LogP contribution is 2.31. The van der Waals surface area contributed by atoms with Crippen molar-refractivity contribution in [2.24, 2.45) is 0 Å². The Bertz CT molecular complexity index is 1050. The highest BCUT2D eigenvalue weighted by molar-refractivity contribution is 6.32. The van der Waals surface area contributed by atoms with Crippen LogP contribution in [0.25, 0.3) is 11.0 Å². The number of hydrogen-bond donors (Lipinski definition) is 0. The first-order chi connectivity index (χ1) is 14.5. The molecule has 7 nitrogen and oxygen atoms in total. The average Bonchev–Trinajstić information content (AvgIpc) is 2.73. The fraction of sp³-hybridized carbons (Fsp3) is 0.273. The molecule has 0 saturated heterocycles. The molecule has 3 rings (SSSR count). The molecular weight excluding hydrogens is 408 g/mol. The van der Waals surface area contributed by atoms with Crippen LogP contribution in [0.2, 0.25) is 5.02 Å². The Morgan fingerprint density at radius 1 is 1.10 bits per heavy atom. The summed E-state index contributed by atoms with van der Waals surface area (Å²) >= 11 is 6.32. The van der Waals surface area contributed by atoms with Crippen molar-refractivity contribution < 1.29 is 18.7 Å². The highest BCUT2D eigenvalue weighted by Gasteiger charge is 2.15. The van der Waals surface area contributed by atoms with Crippen LogP contribution in [-0.4, -0.2) is 45.3 Å². The van der Waals surface area contributed by atoms with Crippen molar-refractivity contribution in [1.82, 2.24) is 4.90 Å². The molecule has 0 aliphatic heterocycles. The third kappa shape index (κ3) is 5.60. The third-order valence-corrected chi connectivity index (χ3v) is 4.70. The zero-order chi connectivity index (χ0) is 21.5. The number of benzene rings is 2. The highest BCUT2D eigenvalue weighted by atomic mass is 35.5. The zero-order valence-corrected chi connectivity index (χ0v) is 17.6. The number of ether oxygens (including phenoxy) is 2. The predicted molar refractivity (Wildman–Crippen MR) is 116 cm³/mol. The normalized spacial score (nSPS) is 11.1. The van der Waals surface area contributed by atoms with Gasteiger partial charge in [-0.3, -0.25) is 4.79 Å². The summed E-state index contributed by atoms with van der Waals surface area (Å²) in [6.07, 6.45) is 0.616. The molecule has 0 N–H and O–H groups in total. The van der Waals surface area contributed by atoms with Crippen molar-refractivity contribution in [1.29, 1.82) is 0 Å². The molecule has 0 aliphatic carbocycles. The second kappa shape index (κ2) is 10.2. The van der Waals surface area contributed by atoms with Gasteiger partial charge in [-0.15, -0.1) is 0 Å². The number of likely N-dealkylation sites (N-methyl/N-ethyl adjacent to an activating group) is 1. The Labute approximate surface area is 179 Å². The lowest BCUT2D eigenvalue weighted by Gasteiger charge is -2.19. The standard InChI is InChI=1S/C22H23ClN2O5/c1-24(2)8-9-25(14-26)19-11-17-10-18(23)21(12-20(17)30-22(19)27)29-15-28-13-16-6-4-3-5-7-16/h3-7,10-12,14H,8-9,13,15H2,1-2H3. The number of anilines is 1. The van der Waals surface area contributed by atoms with Crippen molar-refractivity contribution >= 4 is 34.7 Å². The Morgan fingerprint density at radius 3 is 2.57 bits per heavy atom. The fourth-order valence-corrected chi connectivity index (χ4v) is 3.02. The quantitative estimate of drug-likeness (QED) is 0.212. The van der Waals surface area contributed by atoms with Crippen LogP contribution in [0.5, 0.6) is 5.75 Å². The van der Waals surface area contributed by atoms with Crippen molar-refractivity contribution in [3.8, 4) is 5.75 Å². The maximum absolute atomic E-state index is 12.4. The predicted octanol–water partition coefficient (Wildman–Crippen LogP) is 3.52. The zero-order valence-electron chi connectivity index (χ0n) is 16.8. The first-order valence-electron chi connectivity index (χ1n) is 9.36. The van der Waals surface area contributed by atoms with Crippen LogP contribution in [0.4, 0.5) is 5.69 Å². The molecule has 1 amide bonds. The van der Waals surface area contributed by atoms with E-state index in [0.29, 0.717) is 47.8 Å². The van der Waals surface area contributed by atoms with Gasteiger partial charge in [-0.05, 0) is 31.8 Å². The van der Waals surface area contributed by atoms with Gasteiger partial charge < -0.3 is 23.7 Å². The summed E-state index contributed by atoms with van der Waals surface area (Å²) in [6, 6.07) is 14.5. The van der Waals surface area contributed by atoms with Crippen molar-refractivity contribution in [2.75, 3.05) is 38.9 Å². The maximum atomic E-state index is 12.4. The summed E-state index contributed by atoms with van der Waals surface area (Å²) in [7, 11) is 3.77. The molecule has 8 heteroatoms. The SMILES string of the molecule is CN(C)CCN(C=O)c1cc2cc(Cl)c(OCOCc3ccccc3)cc2oc1=O. The average molecular weight is 431 g/mol. The van der Waals surface area contributed by atoms with Crippen LogP contribution in [0, 0.1) is 0 Å². The smallest absolute Gasteiger partial charge is 0.360 e. The van der Waals surface area contributed by atoms with Gasteiger partial charge in [0.15, 0.2) is 6.79 Å². The van der Waals surface area contributed by atoms with Gasteiger partial charge >= 0.3 is 5.63 Å². The second-order valence-electron chi connectivity index (χ2n) is 6.94. The van der Waals surface area contributed by atoms with Gasteiger partial charge in [0.05, 0.1) is 11.6 Å². The largest absolute Gasteiger partial charge is 0.466 e. The van der Waals surface area contributed by atoms with E-state index in [-0.39, 0.29) is 12.5 Å². The van der Waals surface area contributed by atoms with E-state index in [1.54, 1.807) is 18.2 Å². The van der Waals surface area contributed by atoms with Crippen LogP contribution in [0.3, 0.4) is 0 Å². The van der Waals surface area contributed by atoms with E-state index in [4.69, 9.17) is 25.5 Å². The van der Waals surface area contributed by atoms with Gasteiger partial charge in [0.1, 0.15) is 17.0 Å². The van der Waals surface area contributed by atoms with Crippen LogP contribution >= 0.6 is 11.6 Å². The first-order valence-corrected chi connectivity index (χ1v) is 9.74. The number of fused-ring (bicyclic) bond motifs is 1. The third-order valence-electron chi connectivity index (χ3n) is 4.40. The molecule has 1 heterocycles. The number of rotatable bonds is 10. The van der Waals surface area contributed by atoms with Crippen LogP contribution in [0.15, 0.2) is 57.7 Å². The molecule has 0 fully saturated rings. The summed E-state index contributed by atoms with van der Waals surface area (Å²) < 4.78 is 16.5. The lowest BCUT2D eigenvalue weighted by Crippen LogP contribution is -2.33. The van der Waals surface area contributed by atoms with E-state index in [1.165, 1.54) is 4.90 Å². The van der Waals surface area contributed by atoms with Crippen LogP contribution < -0.4 is 15.3 Å². The summed E-state index contributed by atoms with van der Waals surface area (Å²) in [5.74, 6) is 0.341. The number of carbonyl (C=O) groups is 1. The molecule has 2 aromatic carbocycles. The number of carbonyl (C=O) groups excluding carboxylic acids is 1. The molecule has 0 radical (unpaired) electrons. The molecular formula is C22H23ClN2O5. The Morgan fingerprint density at radius 2 is 1.87 bits per heavy atom. The number of nitrogens with zero attached hydrogens (tertiary/aromatic N) is 2. The van der Waals surface area contributed by atoms with Gasteiger partial charge in [-0.25, -0.2) is 4.79 Å². The number of hydrogen-bond acceptors (Lipinski definition) is 6. The Hall–Kier alpha value is -2.87. The minimum Gasteiger partial charge on any atom is -0.466 e. The molecule has 30 heavy (non-hydrogen) atoms.